The maximum Gasteiger partial charge on any atom is 0.397 e. The molecule has 10 heteroatoms. The lowest BCUT2D eigenvalue weighted by atomic mass is 9.43. The number of unbranched alkanes of at least 4 members (excludes halogenated alkanes) is 1. The first-order valence-electron chi connectivity index (χ1n) is 18.3. The second-order valence-corrected chi connectivity index (χ2v) is 17.5. The van der Waals surface area contributed by atoms with Crippen LogP contribution < -0.4 is 16.4 Å². The van der Waals surface area contributed by atoms with Gasteiger partial charge in [0.15, 0.2) is 0 Å². The third-order valence-electron chi connectivity index (χ3n) is 13.8. The van der Waals surface area contributed by atoms with Gasteiger partial charge in [0, 0.05) is 6.04 Å². The maximum absolute atomic E-state index is 11.8. The Morgan fingerprint density at radius 3 is 2.31 bits per heavy atom. The number of fused-ring (bicyclic) bond motifs is 5. The first-order chi connectivity index (χ1) is 21.2. The van der Waals surface area contributed by atoms with E-state index in [0.29, 0.717) is 53.4 Å². The molecule has 0 aromatic rings. The Morgan fingerprint density at radius 1 is 0.956 bits per heavy atom. The highest BCUT2D eigenvalue weighted by Gasteiger charge is 2.63. The van der Waals surface area contributed by atoms with Gasteiger partial charge in [0.05, 0.1) is 12.7 Å². The molecule has 4 aliphatic rings. The molecular formula is C35H67N3O6S. The summed E-state index contributed by atoms with van der Waals surface area (Å²) in [6.45, 7) is 14.4. The lowest BCUT2D eigenvalue weighted by Gasteiger charge is -2.62. The molecule has 9 nitrogen and oxygen atoms in total. The van der Waals surface area contributed by atoms with Crippen LogP contribution in [0.5, 0.6) is 0 Å². The fraction of sp³-hybridized carbons (Fsp3) is 1.00. The molecule has 0 aromatic heterocycles. The van der Waals surface area contributed by atoms with E-state index in [1.54, 1.807) is 0 Å². The number of hydrogen-bond acceptors (Lipinski definition) is 8. The van der Waals surface area contributed by atoms with Gasteiger partial charge < -0.3 is 26.6 Å². The molecule has 7 N–H and O–H groups in total. The molecule has 0 amide bonds. The van der Waals surface area contributed by atoms with E-state index in [9.17, 15) is 23.2 Å². The second-order valence-electron chi connectivity index (χ2n) is 16.5. The molecule has 4 aliphatic carbocycles. The summed E-state index contributed by atoms with van der Waals surface area (Å²) in [7, 11) is -4.68. The van der Waals surface area contributed by atoms with Crippen LogP contribution in [0, 0.1) is 52.3 Å². The van der Waals surface area contributed by atoms with Crippen molar-refractivity contribution in [3.05, 3.63) is 0 Å². The third-order valence-corrected chi connectivity index (χ3v) is 14.4. The highest BCUT2D eigenvalue weighted by Crippen LogP contribution is 2.68. The number of aliphatic hydroxyl groups excluding tert-OH is 2. The van der Waals surface area contributed by atoms with Gasteiger partial charge in [-0.3, -0.25) is 4.55 Å². The zero-order chi connectivity index (χ0) is 33.0. The Morgan fingerprint density at radius 2 is 1.64 bits per heavy atom. The molecule has 4 saturated carbocycles. The van der Waals surface area contributed by atoms with Crippen LogP contribution in [0.3, 0.4) is 0 Å². The molecule has 0 aromatic carbocycles. The fourth-order valence-corrected chi connectivity index (χ4v) is 11.8. The third kappa shape index (κ3) is 8.28. The lowest BCUT2D eigenvalue weighted by Crippen LogP contribution is -2.59. The van der Waals surface area contributed by atoms with E-state index in [1.807, 2.05) is 13.8 Å². The molecule has 0 spiro atoms. The quantitative estimate of drug-likeness (QED) is 0.0946. The van der Waals surface area contributed by atoms with Crippen molar-refractivity contribution in [3.8, 4) is 0 Å². The van der Waals surface area contributed by atoms with E-state index in [-0.39, 0.29) is 17.4 Å². The standard InChI is InChI=1S/C35H67N3O6S/c1-24(2)35(23-39,44-45(41,42)43)16-11-25(3)28-9-10-29-32-30(13-15-34(28,29)5)33(4)14-12-27(21-26(33)22-31(32)40)38-20-8-19-37-18-7-6-17-36/h24-32,37-40H,6-23,36H2,1-5H3,(H,41,42,43)/t25-,26-,27+,28-,29+,30+,31-,32+,33+,34-,35-/m1/s1. The van der Waals surface area contributed by atoms with Crippen LogP contribution in [0.1, 0.15) is 118 Å². The van der Waals surface area contributed by atoms with Crippen molar-refractivity contribution in [2.24, 2.45) is 58.0 Å². The van der Waals surface area contributed by atoms with Gasteiger partial charge in [-0.1, -0.05) is 34.6 Å². The first kappa shape index (κ1) is 37.5. The zero-order valence-corrected chi connectivity index (χ0v) is 29.8. The van der Waals surface area contributed by atoms with Crippen molar-refractivity contribution >= 4 is 10.4 Å². The Bertz CT molecular complexity index is 1050. The zero-order valence-electron chi connectivity index (χ0n) is 29.0. The molecule has 0 radical (unpaired) electrons. The molecule has 4 fully saturated rings. The minimum Gasteiger partial charge on any atom is -0.393 e. The van der Waals surface area contributed by atoms with E-state index in [1.165, 1.54) is 32.1 Å². The van der Waals surface area contributed by atoms with Gasteiger partial charge in [-0.2, -0.15) is 8.42 Å². The van der Waals surface area contributed by atoms with E-state index >= 15 is 0 Å². The molecule has 264 valence electrons. The number of aliphatic hydroxyl groups is 2. The van der Waals surface area contributed by atoms with Gasteiger partial charge in [0.25, 0.3) is 0 Å². The Balaban J connectivity index is 1.35. The molecular weight excluding hydrogens is 590 g/mol. The van der Waals surface area contributed by atoms with Crippen LogP contribution >= 0.6 is 0 Å². The summed E-state index contributed by atoms with van der Waals surface area (Å²) in [5.74, 6) is 2.52. The van der Waals surface area contributed by atoms with Gasteiger partial charge in [-0.15, -0.1) is 0 Å². The predicted molar refractivity (Wildman–Crippen MR) is 180 cm³/mol. The van der Waals surface area contributed by atoms with Crippen LogP contribution in [0.25, 0.3) is 0 Å². The van der Waals surface area contributed by atoms with Crippen LogP contribution in [0.15, 0.2) is 0 Å². The normalized spacial score (nSPS) is 38.8. The van der Waals surface area contributed by atoms with Crippen LogP contribution in [-0.2, 0) is 14.6 Å². The summed E-state index contributed by atoms with van der Waals surface area (Å²) < 4.78 is 37.9. The lowest BCUT2D eigenvalue weighted by molar-refractivity contribution is -0.167. The summed E-state index contributed by atoms with van der Waals surface area (Å²) in [6.07, 6.45) is 13.4. The number of nitrogens with two attached hydrogens (primary N) is 1. The molecule has 4 rings (SSSR count). The van der Waals surface area contributed by atoms with Gasteiger partial charge >= 0.3 is 10.4 Å². The predicted octanol–water partition coefficient (Wildman–Crippen LogP) is 4.92. The van der Waals surface area contributed by atoms with Crippen molar-refractivity contribution < 1.29 is 27.4 Å². The molecule has 0 heterocycles. The largest absolute Gasteiger partial charge is 0.397 e. The molecule has 0 bridgehead atoms. The summed E-state index contributed by atoms with van der Waals surface area (Å²) >= 11 is 0. The van der Waals surface area contributed by atoms with Gasteiger partial charge in [0.1, 0.15) is 5.60 Å². The summed E-state index contributed by atoms with van der Waals surface area (Å²) in [5, 5.41) is 29.4. The molecule has 0 saturated heterocycles. The Labute approximate surface area is 274 Å². The van der Waals surface area contributed by atoms with Crippen molar-refractivity contribution in [1.29, 1.82) is 0 Å². The van der Waals surface area contributed by atoms with Crippen molar-refractivity contribution in [2.75, 3.05) is 32.8 Å². The van der Waals surface area contributed by atoms with E-state index in [0.717, 1.165) is 71.1 Å². The second kappa shape index (κ2) is 15.5. The topological polar surface area (TPSA) is 154 Å². The smallest absolute Gasteiger partial charge is 0.393 e. The average Bonchev–Trinajstić information content (AvgIpc) is 3.33. The highest BCUT2D eigenvalue weighted by molar-refractivity contribution is 7.80. The molecule has 11 atom stereocenters. The van der Waals surface area contributed by atoms with E-state index in [4.69, 9.17) is 9.92 Å². The van der Waals surface area contributed by atoms with Crippen molar-refractivity contribution in [1.82, 2.24) is 10.6 Å². The molecule has 0 aliphatic heterocycles. The summed E-state index contributed by atoms with van der Waals surface area (Å²) in [4.78, 5) is 0. The Kier molecular flexibility index (Phi) is 12.9. The van der Waals surface area contributed by atoms with E-state index < -0.39 is 22.6 Å². The SMILES string of the molecule is CC(C)[C@](CO)(CC[C@@H](C)[C@H]1CC[C@H]2[C@@H]3[C@H](O)C[C@H]4C[C@@H](NCCCNCCCCN)CC[C@]4(C)[C@H]3CC[C@]12C)OS(=O)(=O)O. The number of rotatable bonds is 17. The minimum atomic E-state index is -4.68. The number of nitrogens with one attached hydrogen (secondary N) is 2. The van der Waals surface area contributed by atoms with Gasteiger partial charge in [0.2, 0.25) is 0 Å². The van der Waals surface area contributed by atoms with Crippen LogP contribution in [-0.4, -0.2) is 73.7 Å². The highest BCUT2D eigenvalue weighted by atomic mass is 32.3. The maximum atomic E-state index is 11.8. The van der Waals surface area contributed by atoms with Crippen LogP contribution in [0.2, 0.25) is 0 Å². The van der Waals surface area contributed by atoms with E-state index in [2.05, 4.69) is 31.4 Å². The Hall–Kier alpha value is -0.330. The summed E-state index contributed by atoms with van der Waals surface area (Å²) in [6, 6.07) is 0.552. The monoisotopic (exact) mass is 657 g/mol. The first-order valence-corrected chi connectivity index (χ1v) is 19.7. The minimum absolute atomic E-state index is 0.144. The fourth-order valence-electron chi connectivity index (χ4n) is 11.0. The average molecular weight is 658 g/mol. The van der Waals surface area contributed by atoms with Gasteiger partial charge in [-0.25, -0.2) is 4.18 Å². The molecule has 0 unspecified atom stereocenters. The van der Waals surface area contributed by atoms with Crippen molar-refractivity contribution in [2.45, 2.75) is 136 Å². The van der Waals surface area contributed by atoms with Crippen LogP contribution in [0.4, 0.5) is 0 Å². The number of hydrogen-bond donors (Lipinski definition) is 6. The summed E-state index contributed by atoms with van der Waals surface area (Å²) in [5.41, 5.74) is 4.70. The molecule has 45 heavy (non-hydrogen) atoms. The van der Waals surface area contributed by atoms with Crippen molar-refractivity contribution in [3.63, 3.8) is 0 Å². The van der Waals surface area contributed by atoms with Gasteiger partial charge in [-0.05, 0) is 162 Å².